The smallest absolute Gasteiger partial charge is 0.263 e. The summed E-state index contributed by atoms with van der Waals surface area (Å²) in [6.07, 6.45) is 3.63. The van der Waals surface area contributed by atoms with Gasteiger partial charge < -0.3 is 14.5 Å². The maximum absolute atomic E-state index is 11.8. The average Bonchev–Trinajstić information content (AvgIpc) is 2.88. The van der Waals surface area contributed by atoms with Crippen LogP contribution >= 0.6 is 0 Å². The number of pyridine rings is 1. The third-order valence-electron chi connectivity index (χ3n) is 2.74. The highest BCUT2D eigenvalue weighted by Crippen LogP contribution is 2.10. The lowest BCUT2D eigenvalue weighted by Crippen LogP contribution is -2.20. The Morgan fingerprint density at radius 1 is 1.15 bits per heavy atom. The number of benzene rings is 1. The quantitative estimate of drug-likeness (QED) is 0.789. The van der Waals surface area contributed by atoms with Crippen LogP contribution in [0, 0.1) is 0 Å². The van der Waals surface area contributed by atoms with Gasteiger partial charge in [0.05, 0.1) is 6.20 Å². The van der Waals surface area contributed by atoms with Gasteiger partial charge in [0, 0.05) is 6.20 Å². The van der Waals surface area contributed by atoms with Gasteiger partial charge in [-0.1, -0.05) is 24.3 Å². The first kappa shape index (κ1) is 12.2. The summed E-state index contributed by atoms with van der Waals surface area (Å²) in [5.41, 5.74) is 0.784. The number of rotatable bonds is 4. The summed E-state index contributed by atoms with van der Waals surface area (Å²) in [6, 6.07) is 14.9. The van der Waals surface area contributed by atoms with Crippen LogP contribution in [-0.4, -0.2) is 21.9 Å². The van der Waals surface area contributed by atoms with Crippen molar-refractivity contribution in [3.8, 4) is 5.75 Å². The molecule has 0 radical (unpaired) electrons. The van der Waals surface area contributed by atoms with Crippen LogP contribution < -0.4 is 10.1 Å². The van der Waals surface area contributed by atoms with E-state index in [0.717, 1.165) is 5.65 Å². The zero-order valence-electron chi connectivity index (χ0n) is 10.7. The van der Waals surface area contributed by atoms with Gasteiger partial charge >= 0.3 is 0 Å². The molecule has 0 aliphatic rings. The molecule has 5 heteroatoms. The number of nitrogens with zero attached hydrogens (tertiary/aromatic N) is 2. The van der Waals surface area contributed by atoms with E-state index in [-0.39, 0.29) is 12.5 Å². The Kier molecular flexibility index (Phi) is 3.33. The van der Waals surface area contributed by atoms with Crippen LogP contribution in [0.1, 0.15) is 0 Å². The first-order chi connectivity index (χ1) is 9.81. The van der Waals surface area contributed by atoms with Gasteiger partial charge in [-0.25, -0.2) is 4.98 Å². The fourth-order valence-electron chi connectivity index (χ4n) is 1.84. The Morgan fingerprint density at radius 2 is 1.95 bits per heavy atom. The highest BCUT2D eigenvalue weighted by atomic mass is 16.5. The molecule has 0 spiro atoms. The third-order valence-corrected chi connectivity index (χ3v) is 2.74. The minimum atomic E-state index is -0.239. The molecule has 0 aliphatic carbocycles. The largest absolute Gasteiger partial charge is 0.484 e. The second kappa shape index (κ2) is 5.44. The summed E-state index contributed by atoms with van der Waals surface area (Å²) < 4.78 is 7.21. The normalized spacial score (nSPS) is 10.4. The fourth-order valence-corrected chi connectivity index (χ4v) is 1.84. The summed E-state index contributed by atoms with van der Waals surface area (Å²) in [6.45, 7) is -0.0438. The topological polar surface area (TPSA) is 55.6 Å². The van der Waals surface area contributed by atoms with Crippen molar-refractivity contribution < 1.29 is 9.53 Å². The number of nitrogens with one attached hydrogen (secondary N) is 1. The van der Waals surface area contributed by atoms with E-state index in [2.05, 4.69) is 10.3 Å². The molecule has 0 bridgehead atoms. The van der Waals surface area contributed by atoms with Crippen molar-refractivity contribution >= 4 is 17.4 Å². The molecule has 2 aromatic heterocycles. The Bertz CT molecular complexity index is 689. The van der Waals surface area contributed by atoms with Gasteiger partial charge in [0.1, 0.15) is 11.4 Å². The molecule has 0 atom stereocenters. The highest BCUT2D eigenvalue weighted by Gasteiger charge is 2.06. The van der Waals surface area contributed by atoms with E-state index in [0.29, 0.717) is 11.6 Å². The van der Waals surface area contributed by atoms with Gasteiger partial charge in [0.2, 0.25) is 0 Å². The lowest BCUT2D eigenvalue weighted by atomic mass is 10.3. The molecule has 3 aromatic rings. The van der Waals surface area contributed by atoms with Crippen molar-refractivity contribution in [1.29, 1.82) is 0 Å². The van der Waals surface area contributed by atoms with E-state index in [1.165, 1.54) is 0 Å². The molecular weight excluding hydrogens is 254 g/mol. The molecule has 1 amide bonds. The van der Waals surface area contributed by atoms with Gasteiger partial charge in [-0.3, -0.25) is 4.79 Å². The number of para-hydroxylation sites is 1. The molecule has 20 heavy (non-hydrogen) atoms. The monoisotopic (exact) mass is 267 g/mol. The number of aromatic nitrogens is 2. The van der Waals surface area contributed by atoms with Crippen LogP contribution in [0.15, 0.2) is 60.9 Å². The lowest BCUT2D eigenvalue weighted by Gasteiger charge is -2.05. The SMILES string of the molecule is O=C(COc1ccccc1)Nc1cn2ccccc2n1. The lowest BCUT2D eigenvalue weighted by molar-refractivity contribution is -0.118. The molecule has 3 rings (SSSR count). The van der Waals surface area contributed by atoms with Crippen LogP contribution in [0.4, 0.5) is 5.82 Å². The maximum atomic E-state index is 11.8. The first-order valence-corrected chi connectivity index (χ1v) is 6.23. The third kappa shape index (κ3) is 2.77. The number of imidazole rings is 1. The number of fused-ring (bicyclic) bond motifs is 1. The summed E-state index contributed by atoms with van der Waals surface area (Å²) >= 11 is 0. The number of hydrogen-bond acceptors (Lipinski definition) is 3. The van der Waals surface area contributed by atoms with E-state index in [9.17, 15) is 4.79 Å². The molecule has 0 saturated heterocycles. The fraction of sp³-hybridized carbons (Fsp3) is 0.0667. The zero-order chi connectivity index (χ0) is 13.8. The minimum Gasteiger partial charge on any atom is -0.484 e. The number of ether oxygens (including phenoxy) is 1. The molecule has 1 N–H and O–H groups in total. The number of hydrogen-bond donors (Lipinski definition) is 1. The number of anilines is 1. The van der Waals surface area contributed by atoms with Gasteiger partial charge in [0.15, 0.2) is 12.4 Å². The summed E-state index contributed by atoms with van der Waals surface area (Å²) in [7, 11) is 0. The van der Waals surface area contributed by atoms with Gasteiger partial charge in [-0.2, -0.15) is 0 Å². The van der Waals surface area contributed by atoms with E-state index in [4.69, 9.17) is 4.74 Å². The standard InChI is InChI=1S/C15H13N3O2/c19-15(11-20-12-6-2-1-3-7-12)17-13-10-18-9-5-4-8-14(18)16-13/h1-10H,11H2,(H,17,19). The van der Waals surface area contributed by atoms with Crippen molar-refractivity contribution in [3.05, 3.63) is 60.9 Å². The van der Waals surface area contributed by atoms with E-state index in [1.807, 2.05) is 47.0 Å². The van der Waals surface area contributed by atoms with E-state index >= 15 is 0 Å². The molecule has 0 unspecified atom stereocenters. The summed E-state index contributed by atoms with van der Waals surface area (Å²) in [4.78, 5) is 16.1. The summed E-state index contributed by atoms with van der Waals surface area (Å²) in [5.74, 6) is 0.938. The number of carbonyl (C=O) groups excluding carboxylic acids is 1. The predicted molar refractivity (Wildman–Crippen MR) is 75.8 cm³/mol. The van der Waals surface area contributed by atoms with Crippen LogP contribution in [0.25, 0.3) is 5.65 Å². The van der Waals surface area contributed by atoms with Crippen molar-refractivity contribution in [3.63, 3.8) is 0 Å². The van der Waals surface area contributed by atoms with Crippen molar-refractivity contribution in [2.45, 2.75) is 0 Å². The van der Waals surface area contributed by atoms with Crippen LogP contribution in [0.5, 0.6) is 5.75 Å². The van der Waals surface area contributed by atoms with Gasteiger partial charge in [0.25, 0.3) is 5.91 Å². The second-order valence-corrected chi connectivity index (χ2v) is 4.24. The molecule has 1 aromatic carbocycles. The average molecular weight is 267 g/mol. The van der Waals surface area contributed by atoms with Gasteiger partial charge in [-0.15, -0.1) is 0 Å². The molecule has 2 heterocycles. The zero-order valence-corrected chi connectivity index (χ0v) is 10.7. The summed E-state index contributed by atoms with van der Waals surface area (Å²) in [5, 5.41) is 2.71. The molecule has 5 nitrogen and oxygen atoms in total. The van der Waals surface area contributed by atoms with Crippen molar-refractivity contribution in [2.24, 2.45) is 0 Å². The molecule has 0 saturated carbocycles. The van der Waals surface area contributed by atoms with Crippen LogP contribution in [-0.2, 0) is 4.79 Å². The van der Waals surface area contributed by atoms with E-state index < -0.39 is 0 Å². The molecule has 100 valence electrons. The van der Waals surface area contributed by atoms with Crippen LogP contribution in [0.2, 0.25) is 0 Å². The second-order valence-electron chi connectivity index (χ2n) is 4.24. The molecule has 0 aliphatic heterocycles. The molecule has 0 fully saturated rings. The Morgan fingerprint density at radius 3 is 2.75 bits per heavy atom. The Labute approximate surface area is 115 Å². The van der Waals surface area contributed by atoms with Gasteiger partial charge in [-0.05, 0) is 24.3 Å². The molecular formula is C15H13N3O2. The first-order valence-electron chi connectivity index (χ1n) is 6.23. The Hall–Kier alpha value is -2.82. The number of amides is 1. The van der Waals surface area contributed by atoms with Crippen molar-refractivity contribution in [1.82, 2.24) is 9.38 Å². The minimum absolute atomic E-state index is 0.0438. The maximum Gasteiger partial charge on any atom is 0.263 e. The predicted octanol–water partition coefficient (Wildman–Crippen LogP) is 2.35. The Balaban J connectivity index is 1.61. The number of carbonyl (C=O) groups is 1. The van der Waals surface area contributed by atoms with Crippen molar-refractivity contribution in [2.75, 3.05) is 11.9 Å². The van der Waals surface area contributed by atoms with Crippen LogP contribution in [0.3, 0.4) is 0 Å². The van der Waals surface area contributed by atoms with E-state index in [1.54, 1.807) is 18.3 Å². The highest BCUT2D eigenvalue weighted by molar-refractivity contribution is 5.91.